The van der Waals surface area contributed by atoms with Crippen LogP contribution in [0.25, 0.3) is 11.3 Å². The van der Waals surface area contributed by atoms with Gasteiger partial charge in [0.15, 0.2) is 5.76 Å². The van der Waals surface area contributed by atoms with Crippen LogP contribution in [0.15, 0.2) is 95.9 Å². The van der Waals surface area contributed by atoms with Crippen molar-refractivity contribution in [2.45, 2.75) is 19.4 Å². The molecule has 3 aromatic rings. The molecule has 7 heteroatoms. The van der Waals surface area contributed by atoms with Crippen LogP contribution in [-0.4, -0.2) is 33.4 Å². The van der Waals surface area contributed by atoms with E-state index in [0.29, 0.717) is 18.8 Å². The van der Waals surface area contributed by atoms with Gasteiger partial charge >= 0.3 is 6.16 Å². The van der Waals surface area contributed by atoms with Crippen molar-refractivity contribution in [1.29, 1.82) is 0 Å². The first-order chi connectivity index (χ1) is 16.6. The molecular formula is C27H25FN2O3S. The van der Waals surface area contributed by atoms with Gasteiger partial charge in [-0.05, 0) is 66.1 Å². The highest BCUT2D eigenvalue weighted by molar-refractivity contribution is 8.03. The molecule has 2 aromatic carbocycles. The Hall–Kier alpha value is -3.58. The zero-order valence-corrected chi connectivity index (χ0v) is 19.4. The third-order valence-corrected chi connectivity index (χ3v) is 6.54. The van der Waals surface area contributed by atoms with E-state index in [1.807, 2.05) is 36.4 Å². The molecule has 1 N–H and O–H groups in total. The lowest BCUT2D eigenvalue weighted by molar-refractivity contribution is 0.119. The first-order valence-corrected chi connectivity index (χ1v) is 12.0. The van der Waals surface area contributed by atoms with E-state index in [-0.39, 0.29) is 5.82 Å². The lowest BCUT2D eigenvalue weighted by Gasteiger charge is -2.29. The molecule has 0 atom stereocenters. The van der Waals surface area contributed by atoms with Gasteiger partial charge < -0.3 is 14.7 Å². The number of aromatic nitrogens is 1. The van der Waals surface area contributed by atoms with E-state index >= 15 is 0 Å². The molecule has 0 spiro atoms. The van der Waals surface area contributed by atoms with E-state index in [0.717, 1.165) is 46.0 Å². The number of halogens is 1. The number of hydrogen-bond donors (Lipinski definition) is 1. The summed E-state index contributed by atoms with van der Waals surface area (Å²) in [6.07, 6.45) is 5.75. The molecule has 0 aliphatic carbocycles. The molecule has 0 radical (unpaired) electrons. The molecule has 0 amide bonds. The second kappa shape index (κ2) is 11.5. The second-order valence-corrected chi connectivity index (χ2v) is 8.90. The molecule has 0 bridgehead atoms. The third-order valence-electron chi connectivity index (χ3n) is 5.31. The highest BCUT2D eigenvalue weighted by atomic mass is 32.2. The van der Waals surface area contributed by atoms with Gasteiger partial charge in [-0.15, -0.1) is 11.8 Å². The van der Waals surface area contributed by atoms with Crippen LogP contribution in [0.2, 0.25) is 0 Å². The van der Waals surface area contributed by atoms with Gasteiger partial charge in [-0.25, -0.2) is 9.18 Å². The van der Waals surface area contributed by atoms with Gasteiger partial charge in [0.05, 0.1) is 5.69 Å². The van der Waals surface area contributed by atoms with E-state index in [2.05, 4.69) is 22.0 Å². The molecule has 1 aromatic heterocycles. The van der Waals surface area contributed by atoms with Crippen molar-refractivity contribution in [1.82, 2.24) is 9.88 Å². The van der Waals surface area contributed by atoms with Gasteiger partial charge in [-0.2, -0.15) is 0 Å². The molecule has 1 aliphatic rings. The van der Waals surface area contributed by atoms with Crippen LogP contribution in [0.3, 0.4) is 0 Å². The van der Waals surface area contributed by atoms with Crippen LogP contribution in [-0.2, 0) is 17.7 Å². The Morgan fingerprint density at radius 2 is 1.94 bits per heavy atom. The minimum atomic E-state index is -1.33. The normalized spacial score (nSPS) is 13.3. The number of pyridine rings is 1. The van der Waals surface area contributed by atoms with Crippen molar-refractivity contribution in [3.63, 3.8) is 0 Å². The predicted octanol–water partition coefficient (Wildman–Crippen LogP) is 6.49. The maximum atomic E-state index is 13.1. The number of ether oxygens (including phenoxy) is 1. The van der Waals surface area contributed by atoms with Crippen molar-refractivity contribution in [2.75, 3.05) is 12.3 Å². The number of aryl methyl sites for hydroxylation is 1. The van der Waals surface area contributed by atoms with Crippen LogP contribution in [0.4, 0.5) is 9.18 Å². The number of carboxylic acid groups (broad SMARTS) is 1. The molecule has 0 saturated carbocycles. The molecule has 174 valence electrons. The number of carbonyl (C=O) groups is 1. The lowest BCUT2D eigenvalue weighted by atomic mass is 10.1. The lowest BCUT2D eigenvalue weighted by Crippen LogP contribution is -2.26. The Morgan fingerprint density at radius 1 is 1.09 bits per heavy atom. The van der Waals surface area contributed by atoms with Crippen molar-refractivity contribution >= 4 is 17.9 Å². The molecule has 0 saturated heterocycles. The van der Waals surface area contributed by atoms with Gasteiger partial charge in [-0.1, -0.05) is 42.5 Å². The van der Waals surface area contributed by atoms with Gasteiger partial charge in [0.1, 0.15) is 10.8 Å². The molecule has 5 nitrogen and oxygen atoms in total. The minimum Gasteiger partial charge on any atom is -0.449 e. The molecule has 0 unspecified atom stereocenters. The van der Waals surface area contributed by atoms with E-state index in [1.165, 1.54) is 12.1 Å². The SMILES string of the molecule is O=C(O)OC1=C(SCCCc2ccc(F)cc2)N(Cc2cccc(-c3ccccn3)c2)CC=C1. The fraction of sp³-hybridized carbons (Fsp3) is 0.185. The van der Waals surface area contributed by atoms with E-state index in [4.69, 9.17) is 4.74 Å². The van der Waals surface area contributed by atoms with E-state index < -0.39 is 6.16 Å². The fourth-order valence-corrected chi connectivity index (χ4v) is 4.80. The number of nitrogens with zero attached hydrogens (tertiary/aromatic N) is 2. The van der Waals surface area contributed by atoms with Crippen molar-refractivity contribution in [3.05, 3.63) is 113 Å². The zero-order valence-electron chi connectivity index (χ0n) is 18.6. The van der Waals surface area contributed by atoms with Crippen molar-refractivity contribution < 1.29 is 19.0 Å². The van der Waals surface area contributed by atoms with Crippen molar-refractivity contribution in [2.24, 2.45) is 0 Å². The Labute approximate surface area is 202 Å². The summed E-state index contributed by atoms with van der Waals surface area (Å²) < 4.78 is 18.2. The Kier molecular flexibility index (Phi) is 7.99. The summed E-state index contributed by atoms with van der Waals surface area (Å²) in [6.45, 7) is 1.26. The molecular weight excluding hydrogens is 451 g/mol. The summed E-state index contributed by atoms with van der Waals surface area (Å²) in [5.74, 6) is 0.874. The van der Waals surface area contributed by atoms with Gasteiger partial charge in [0.25, 0.3) is 0 Å². The van der Waals surface area contributed by atoms with Crippen LogP contribution in [0.5, 0.6) is 0 Å². The number of rotatable bonds is 9. The number of benzene rings is 2. The smallest absolute Gasteiger partial charge is 0.449 e. The number of hydrogen-bond acceptors (Lipinski definition) is 5. The topological polar surface area (TPSA) is 62.7 Å². The molecule has 2 heterocycles. The zero-order chi connectivity index (χ0) is 23.8. The molecule has 0 fully saturated rings. The van der Waals surface area contributed by atoms with Crippen LogP contribution in [0, 0.1) is 5.82 Å². The van der Waals surface area contributed by atoms with E-state index in [1.54, 1.807) is 36.2 Å². The summed E-state index contributed by atoms with van der Waals surface area (Å²) >= 11 is 1.58. The maximum absolute atomic E-state index is 13.1. The summed E-state index contributed by atoms with van der Waals surface area (Å²) in [6, 6.07) is 20.6. The average Bonchev–Trinajstić information content (AvgIpc) is 2.84. The second-order valence-electron chi connectivity index (χ2n) is 7.81. The summed E-state index contributed by atoms with van der Waals surface area (Å²) in [7, 11) is 0. The minimum absolute atomic E-state index is 0.240. The largest absolute Gasteiger partial charge is 0.511 e. The average molecular weight is 477 g/mol. The predicted molar refractivity (Wildman–Crippen MR) is 133 cm³/mol. The standard InChI is InChI=1S/C27H25FN2O3S/c28-23-13-11-20(12-14-23)7-5-17-34-26-25(33-27(31)32)10-4-16-30(26)19-21-6-3-8-22(18-21)24-9-1-2-15-29-24/h1-4,6,8-15,18H,5,7,16-17,19H2,(H,31,32). The molecule has 34 heavy (non-hydrogen) atoms. The van der Waals surface area contributed by atoms with E-state index in [9.17, 15) is 14.3 Å². The molecule has 4 rings (SSSR count). The Bertz CT molecular complexity index is 1180. The van der Waals surface area contributed by atoms with Crippen molar-refractivity contribution in [3.8, 4) is 11.3 Å². The van der Waals surface area contributed by atoms with Crippen LogP contribution >= 0.6 is 11.8 Å². The van der Waals surface area contributed by atoms with Gasteiger partial charge in [-0.3, -0.25) is 4.98 Å². The summed E-state index contributed by atoms with van der Waals surface area (Å²) in [4.78, 5) is 17.8. The Balaban J connectivity index is 1.46. The van der Waals surface area contributed by atoms with Crippen LogP contribution in [0.1, 0.15) is 17.5 Å². The fourth-order valence-electron chi connectivity index (χ4n) is 3.75. The number of thioether (sulfide) groups is 1. The summed E-state index contributed by atoms with van der Waals surface area (Å²) in [5.41, 5.74) is 4.11. The first-order valence-electron chi connectivity index (χ1n) is 11.0. The Morgan fingerprint density at radius 3 is 2.71 bits per heavy atom. The highest BCUT2D eigenvalue weighted by Crippen LogP contribution is 2.31. The van der Waals surface area contributed by atoms with Crippen LogP contribution < -0.4 is 0 Å². The maximum Gasteiger partial charge on any atom is 0.511 e. The first kappa shape index (κ1) is 23.6. The monoisotopic (exact) mass is 476 g/mol. The highest BCUT2D eigenvalue weighted by Gasteiger charge is 2.21. The van der Waals surface area contributed by atoms with Gasteiger partial charge in [0, 0.05) is 24.8 Å². The van der Waals surface area contributed by atoms with Gasteiger partial charge in [0.2, 0.25) is 0 Å². The summed E-state index contributed by atoms with van der Waals surface area (Å²) in [5, 5.41) is 10.0. The third kappa shape index (κ3) is 6.48. The molecule has 1 aliphatic heterocycles. The number of allylic oxidation sites excluding steroid dienone is 1. The quantitative estimate of drug-likeness (QED) is 0.281.